The van der Waals surface area contributed by atoms with E-state index in [2.05, 4.69) is 25.0 Å². The highest BCUT2D eigenvalue weighted by atomic mass is 32.2. The van der Waals surface area contributed by atoms with E-state index < -0.39 is 0 Å². The summed E-state index contributed by atoms with van der Waals surface area (Å²) in [7, 11) is 1.61. The smallest absolute Gasteiger partial charge is 0.234 e. The van der Waals surface area contributed by atoms with Crippen LogP contribution in [0, 0.1) is 6.92 Å². The molecule has 1 aromatic heterocycles. The molecule has 4 rings (SSSR count). The number of aromatic nitrogens is 3. The number of rotatable bonds is 7. The summed E-state index contributed by atoms with van der Waals surface area (Å²) in [5, 5.41) is 12.7. The van der Waals surface area contributed by atoms with Crippen LogP contribution in [0.5, 0.6) is 5.75 Å². The number of thioether (sulfide) groups is 1. The van der Waals surface area contributed by atoms with Crippen molar-refractivity contribution in [2.45, 2.75) is 50.2 Å². The highest BCUT2D eigenvalue weighted by molar-refractivity contribution is 7.99. The Morgan fingerprint density at radius 3 is 2.75 bits per heavy atom. The lowest BCUT2D eigenvalue weighted by atomic mass is 10.1. The summed E-state index contributed by atoms with van der Waals surface area (Å²) in [5.41, 5.74) is 1.77. The number of hydrogen-bond acceptors (Lipinski definition) is 6. The number of benzene rings is 1. The molecule has 0 spiro atoms. The normalized spacial score (nSPS) is 16.9. The number of aryl methyl sites for hydroxylation is 1. The van der Waals surface area contributed by atoms with Gasteiger partial charge in [-0.2, -0.15) is 0 Å². The highest BCUT2D eigenvalue weighted by Crippen LogP contribution is 2.41. The van der Waals surface area contributed by atoms with Crippen molar-refractivity contribution in [1.29, 1.82) is 0 Å². The number of nitrogens with zero attached hydrogens (tertiary/aromatic N) is 4. The van der Waals surface area contributed by atoms with Gasteiger partial charge in [0.2, 0.25) is 11.9 Å². The standard InChI is InChI=1S/C20H27N5O2S/c1-14-6-9-17(27-2)16(12-14)21-18(26)13-28-20-23-22-19(25(20)15-7-8-15)24-10-4-3-5-11-24/h6,9,12,15H,3-5,7-8,10-11,13H2,1-2H3,(H,21,26). The first-order valence-electron chi connectivity index (χ1n) is 9.93. The van der Waals surface area contributed by atoms with Gasteiger partial charge in [0.25, 0.3) is 0 Å². The molecule has 28 heavy (non-hydrogen) atoms. The van der Waals surface area contributed by atoms with E-state index in [1.54, 1.807) is 7.11 Å². The van der Waals surface area contributed by atoms with Crippen molar-refractivity contribution in [3.05, 3.63) is 23.8 Å². The molecule has 1 saturated heterocycles. The van der Waals surface area contributed by atoms with E-state index in [-0.39, 0.29) is 5.91 Å². The summed E-state index contributed by atoms with van der Waals surface area (Å²) in [5.74, 6) is 1.86. The summed E-state index contributed by atoms with van der Waals surface area (Å²) in [4.78, 5) is 14.9. The van der Waals surface area contributed by atoms with Crippen LogP contribution in [0.3, 0.4) is 0 Å². The monoisotopic (exact) mass is 401 g/mol. The second-order valence-electron chi connectivity index (χ2n) is 7.47. The molecule has 0 unspecified atom stereocenters. The van der Waals surface area contributed by atoms with E-state index in [1.807, 2.05) is 25.1 Å². The molecule has 2 fully saturated rings. The quantitative estimate of drug-likeness (QED) is 0.714. The Kier molecular flexibility index (Phi) is 5.75. The fourth-order valence-electron chi connectivity index (χ4n) is 3.57. The molecule has 1 amide bonds. The molecule has 0 radical (unpaired) electrons. The number of anilines is 2. The van der Waals surface area contributed by atoms with Crippen LogP contribution in [-0.4, -0.2) is 46.6 Å². The van der Waals surface area contributed by atoms with Crippen LogP contribution >= 0.6 is 11.8 Å². The average molecular weight is 402 g/mol. The largest absolute Gasteiger partial charge is 0.495 e. The van der Waals surface area contributed by atoms with Crippen molar-refractivity contribution >= 4 is 29.3 Å². The Labute approximate surface area is 169 Å². The number of carbonyl (C=O) groups excluding carboxylic acids is 1. The van der Waals surface area contributed by atoms with Gasteiger partial charge in [-0.25, -0.2) is 0 Å². The van der Waals surface area contributed by atoms with Crippen molar-refractivity contribution < 1.29 is 9.53 Å². The van der Waals surface area contributed by atoms with E-state index in [9.17, 15) is 4.79 Å². The van der Waals surface area contributed by atoms with Crippen molar-refractivity contribution in [3.63, 3.8) is 0 Å². The molecule has 150 valence electrons. The Bertz CT molecular complexity index is 843. The molecule has 1 aliphatic heterocycles. The van der Waals surface area contributed by atoms with Gasteiger partial charge in [0.1, 0.15) is 5.75 Å². The molecule has 2 aromatic rings. The number of piperidine rings is 1. The van der Waals surface area contributed by atoms with E-state index in [1.165, 1.54) is 43.9 Å². The first kappa shape index (κ1) is 19.1. The van der Waals surface area contributed by atoms with Gasteiger partial charge in [-0.05, 0) is 56.7 Å². The van der Waals surface area contributed by atoms with Crippen LogP contribution in [0.1, 0.15) is 43.7 Å². The Hall–Kier alpha value is -2.22. The summed E-state index contributed by atoms with van der Waals surface area (Å²) in [6, 6.07) is 6.23. The molecular formula is C20H27N5O2S. The van der Waals surface area contributed by atoms with E-state index in [0.29, 0.717) is 23.2 Å². The molecule has 7 nitrogen and oxygen atoms in total. The molecule has 1 N–H and O–H groups in total. The predicted molar refractivity (Wildman–Crippen MR) is 111 cm³/mol. The lowest BCUT2D eigenvalue weighted by Gasteiger charge is -2.27. The molecule has 1 saturated carbocycles. The Morgan fingerprint density at radius 2 is 2.04 bits per heavy atom. The minimum Gasteiger partial charge on any atom is -0.495 e. The summed E-state index contributed by atoms with van der Waals surface area (Å²) >= 11 is 1.46. The molecule has 0 bridgehead atoms. The van der Waals surface area contributed by atoms with Crippen molar-refractivity contribution in [3.8, 4) is 5.75 Å². The van der Waals surface area contributed by atoms with Gasteiger partial charge in [-0.15, -0.1) is 10.2 Å². The third kappa shape index (κ3) is 4.27. The minimum absolute atomic E-state index is 0.0706. The minimum atomic E-state index is -0.0706. The zero-order valence-electron chi connectivity index (χ0n) is 16.5. The number of methoxy groups -OCH3 is 1. The average Bonchev–Trinajstić information content (AvgIpc) is 3.46. The predicted octanol–water partition coefficient (Wildman–Crippen LogP) is 3.65. The molecular weight excluding hydrogens is 374 g/mol. The first-order valence-corrected chi connectivity index (χ1v) is 10.9. The molecule has 0 atom stereocenters. The van der Waals surface area contributed by atoms with E-state index in [4.69, 9.17) is 4.74 Å². The molecule has 2 aliphatic rings. The fourth-order valence-corrected chi connectivity index (χ4v) is 4.37. The third-order valence-electron chi connectivity index (χ3n) is 5.16. The zero-order valence-corrected chi connectivity index (χ0v) is 17.3. The van der Waals surface area contributed by atoms with E-state index in [0.717, 1.165) is 29.8 Å². The summed E-state index contributed by atoms with van der Waals surface area (Å²) in [6.07, 6.45) is 6.04. The topological polar surface area (TPSA) is 72.3 Å². The highest BCUT2D eigenvalue weighted by Gasteiger charge is 2.32. The van der Waals surface area contributed by atoms with Crippen LogP contribution < -0.4 is 15.0 Å². The van der Waals surface area contributed by atoms with Crippen LogP contribution in [0.15, 0.2) is 23.4 Å². The number of ether oxygens (including phenoxy) is 1. The molecule has 2 heterocycles. The SMILES string of the molecule is COc1ccc(C)cc1NC(=O)CSc1nnc(N2CCCCC2)n1C1CC1. The zero-order chi connectivity index (χ0) is 19.5. The lowest BCUT2D eigenvalue weighted by Crippen LogP contribution is -2.32. The van der Waals surface area contributed by atoms with Crippen LogP contribution in [-0.2, 0) is 4.79 Å². The summed E-state index contributed by atoms with van der Waals surface area (Å²) < 4.78 is 7.59. The maximum Gasteiger partial charge on any atom is 0.234 e. The molecule has 1 aromatic carbocycles. The van der Waals surface area contributed by atoms with Crippen LogP contribution in [0.25, 0.3) is 0 Å². The fraction of sp³-hybridized carbons (Fsp3) is 0.550. The summed E-state index contributed by atoms with van der Waals surface area (Å²) in [6.45, 7) is 4.08. The van der Waals surface area contributed by atoms with Gasteiger partial charge in [0.15, 0.2) is 5.16 Å². The number of nitrogens with one attached hydrogen (secondary N) is 1. The van der Waals surface area contributed by atoms with Gasteiger partial charge in [0.05, 0.1) is 18.6 Å². The van der Waals surface area contributed by atoms with E-state index >= 15 is 0 Å². The Balaban J connectivity index is 1.43. The van der Waals surface area contributed by atoms with Gasteiger partial charge in [0, 0.05) is 19.1 Å². The third-order valence-corrected chi connectivity index (χ3v) is 6.10. The van der Waals surface area contributed by atoms with Gasteiger partial charge in [-0.1, -0.05) is 17.8 Å². The molecule has 8 heteroatoms. The second-order valence-corrected chi connectivity index (χ2v) is 8.41. The maximum absolute atomic E-state index is 12.5. The Morgan fingerprint density at radius 1 is 1.25 bits per heavy atom. The number of carbonyl (C=O) groups is 1. The van der Waals surface area contributed by atoms with Crippen LogP contribution in [0.2, 0.25) is 0 Å². The first-order chi connectivity index (χ1) is 13.7. The van der Waals surface area contributed by atoms with Gasteiger partial charge in [-0.3, -0.25) is 9.36 Å². The molecule has 1 aliphatic carbocycles. The van der Waals surface area contributed by atoms with Crippen molar-refractivity contribution in [2.24, 2.45) is 0 Å². The van der Waals surface area contributed by atoms with Crippen LogP contribution in [0.4, 0.5) is 11.6 Å². The van der Waals surface area contributed by atoms with Crippen molar-refractivity contribution in [2.75, 3.05) is 36.2 Å². The second kappa shape index (κ2) is 8.43. The lowest BCUT2D eigenvalue weighted by molar-refractivity contribution is -0.113. The van der Waals surface area contributed by atoms with Gasteiger partial charge >= 0.3 is 0 Å². The van der Waals surface area contributed by atoms with Crippen molar-refractivity contribution in [1.82, 2.24) is 14.8 Å². The number of hydrogen-bond donors (Lipinski definition) is 1. The maximum atomic E-state index is 12.5. The van der Waals surface area contributed by atoms with Gasteiger partial charge < -0.3 is 15.0 Å². The number of amides is 1.